The van der Waals surface area contributed by atoms with E-state index < -0.39 is 11.7 Å². The molecule has 0 radical (unpaired) electrons. The Hall–Kier alpha value is -1.45. The molecule has 2 rings (SSSR count). The third-order valence-electron chi connectivity index (χ3n) is 3.69. The average Bonchev–Trinajstić information content (AvgIpc) is 2.35. The van der Waals surface area contributed by atoms with Gasteiger partial charge in [0.15, 0.2) is 0 Å². The van der Waals surface area contributed by atoms with E-state index in [1.165, 1.54) is 17.7 Å². The Morgan fingerprint density at radius 3 is 2.40 bits per heavy atom. The van der Waals surface area contributed by atoms with Gasteiger partial charge in [-0.15, -0.1) is 0 Å². The number of benzene rings is 1. The van der Waals surface area contributed by atoms with Crippen molar-refractivity contribution in [3.63, 3.8) is 0 Å². The van der Waals surface area contributed by atoms with E-state index in [0.717, 1.165) is 37.2 Å². The fraction of sp³-hybridized carbons (Fsp3) is 0.500. The van der Waals surface area contributed by atoms with E-state index in [1.54, 1.807) is 0 Å². The van der Waals surface area contributed by atoms with Crippen molar-refractivity contribution in [3.05, 3.63) is 41.5 Å². The van der Waals surface area contributed by atoms with E-state index in [0.29, 0.717) is 11.8 Å². The van der Waals surface area contributed by atoms with Crippen molar-refractivity contribution in [1.82, 2.24) is 0 Å². The molecule has 0 heterocycles. The van der Waals surface area contributed by atoms with Gasteiger partial charge in [0.1, 0.15) is 0 Å². The molecule has 1 aliphatic carbocycles. The summed E-state index contributed by atoms with van der Waals surface area (Å²) in [5, 5.41) is 3.24. The highest BCUT2D eigenvalue weighted by molar-refractivity contribution is 5.45. The molecule has 0 amide bonds. The topological polar surface area (TPSA) is 12.0 Å². The van der Waals surface area contributed by atoms with Crippen molar-refractivity contribution < 1.29 is 13.2 Å². The smallest absolute Gasteiger partial charge is 0.385 e. The summed E-state index contributed by atoms with van der Waals surface area (Å²) < 4.78 is 37.4. The third kappa shape index (κ3) is 4.02. The number of allylic oxidation sites excluding steroid dienone is 2. The molecule has 0 aliphatic heterocycles. The lowest BCUT2D eigenvalue weighted by molar-refractivity contribution is -0.137. The minimum atomic E-state index is -4.26. The summed E-state index contributed by atoms with van der Waals surface area (Å²) in [4.78, 5) is 0. The van der Waals surface area contributed by atoms with Crippen LogP contribution >= 0.6 is 0 Å². The van der Waals surface area contributed by atoms with Crippen molar-refractivity contribution in [2.75, 3.05) is 11.9 Å². The van der Waals surface area contributed by atoms with Gasteiger partial charge in [-0.1, -0.05) is 18.6 Å². The van der Waals surface area contributed by atoms with Crippen molar-refractivity contribution in [3.8, 4) is 0 Å². The van der Waals surface area contributed by atoms with Gasteiger partial charge in [-0.25, -0.2) is 0 Å². The van der Waals surface area contributed by atoms with Gasteiger partial charge in [-0.05, 0) is 55.9 Å². The Kier molecular flexibility index (Phi) is 4.41. The number of hydrogen-bond donors (Lipinski definition) is 1. The van der Waals surface area contributed by atoms with Gasteiger partial charge in [0, 0.05) is 12.2 Å². The summed E-state index contributed by atoms with van der Waals surface area (Å²) >= 11 is 0. The molecule has 110 valence electrons. The molecular weight excluding hydrogens is 263 g/mol. The number of nitrogens with one attached hydrogen (secondary N) is 1. The maximum Gasteiger partial charge on any atom is 0.416 e. The summed E-state index contributed by atoms with van der Waals surface area (Å²) in [5.74, 6) is 1.14. The molecule has 0 saturated carbocycles. The summed E-state index contributed by atoms with van der Waals surface area (Å²) in [5.41, 5.74) is 1.55. The Morgan fingerprint density at radius 1 is 1.20 bits per heavy atom. The molecule has 20 heavy (non-hydrogen) atoms. The summed E-state index contributed by atoms with van der Waals surface area (Å²) in [7, 11) is 0. The van der Waals surface area contributed by atoms with Gasteiger partial charge in [0.2, 0.25) is 0 Å². The van der Waals surface area contributed by atoms with E-state index in [9.17, 15) is 13.2 Å². The SMILES string of the molecule is CC1=CC(C)CC(CNc2ccc(C(F)(F)F)cc2)C1. The fourth-order valence-corrected chi connectivity index (χ4v) is 2.88. The van der Waals surface area contributed by atoms with Gasteiger partial charge >= 0.3 is 6.18 Å². The highest BCUT2D eigenvalue weighted by Crippen LogP contribution is 2.31. The lowest BCUT2D eigenvalue weighted by Crippen LogP contribution is -2.20. The van der Waals surface area contributed by atoms with Gasteiger partial charge in [-0.2, -0.15) is 13.2 Å². The summed E-state index contributed by atoms with van der Waals surface area (Å²) in [6.07, 6.45) is 0.233. The van der Waals surface area contributed by atoms with Crippen molar-refractivity contribution >= 4 is 5.69 Å². The monoisotopic (exact) mass is 283 g/mol. The molecule has 0 spiro atoms. The van der Waals surface area contributed by atoms with Gasteiger partial charge in [0.25, 0.3) is 0 Å². The van der Waals surface area contributed by atoms with Crippen LogP contribution in [0.2, 0.25) is 0 Å². The van der Waals surface area contributed by atoms with Gasteiger partial charge in [0.05, 0.1) is 5.56 Å². The van der Waals surface area contributed by atoms with Gasteiger partial charge in [-0.3, -0.25) is 0 Å². The lowest BCUT2D eigenvalue weighted by atomic mass is 9.84. The molecule has 0 bridgehead atoms. The maximum absolute atomic E-state index is 12.5. The average molecular weight is 283 g/mol. The largest absolute Gasteiger partial charge is 0.416 e. The first kappa shape index (κ1) is 14.9. The van der Waals surface area contributed by atoms with Crippen molar-refractivity contribution in [2.24, 2.45) is 11.8 Å². The first-order valence-electron chi connectivity index (χ1n) is 6.93. The number of rotatable bonds is 3. The van der Waals surface area contributed by atoms with E-state index in [2.05, 4.69) is 25.2 Å². The highest BCUT2D eigenvalue weighted by Gasteiger charge is 2.29. The minimum Gasteiger partial charge on any atom is -0.385 e. The minimum absolute atomic E-state index is 0.553. The highest BCUT2D eigenvalue weighted by atomic mass is 19.4. The second-order valence-electron chi connectivity index (χ2n) is 5.75. The predicted molar refractivity (Wildman–Crippen MR) is 75.6 cm³/mol. The molecule has 1 aliphatic rings. The Labute approximate surface area is 117 Å². The van der Waals surface area contributed by atoms with Crippen molar-refractivity contribution in [1.29, 1.82) is 0 Å². The molecule has 0 fully saturated rings. The number of halogens is 3. The van der Waals surface area contributed by atoms with E-state index in [1.807, 2.05) is 0 Å². The molecule has 1 aromatic rings. The Balaban J connectivity index is 1.90. The molecule has 1 N–H and O–H groups in total. The normalized spacial score (nSPS) is 23.4. The van der Waals surface area contributed by atoms with Crippen molar-refractivity contribution in [2.45, 2.75) is 32.9 Å². The fourth-order valence-electron chi connectivity index (χ4n) is 2.88. The quantitative estimate of drug-likeness (QED) is 0.760. The van der Waals surface area contributed by atoms with Crippen LogP contribution in [0.15, 0.2) is 35.9 Å². The standard InChI is InChI=1S/C16H20F3N/c1-11-7-12(2)9-13(8-11)10-20-15-5-3-14(4-6-15)16(17,18)19/h3-7,11,13,20H,8-10H2,1-2H3. The zero-order chi connectivity index (χ0) is 14.8. The van der Waals surface area contributed by atoms with Crippen LogP contribution in [0.3, 0.4) is 0 Å². The number of hydrogen-bond acceptors (Lipinski definition) is 1. The molecule has 1 aromatic carbocycles. The van der Waals surface area contributed by atoms with Crippen LogP contribution in [0, 0.1) is 11.8 Å². The van der Waals surface area contributed by atoms with Gasteiger partial charge < -0.3 is 5.32 Å². The second-order valence-corrected chi connectivity index (χ2v) is 5.75. The summed E-state index contributed by atoms with van der Waals surface area (Å²) in [6, 6.07) is 5.24. The van der Waals surface area contributed by atoms with Crippen LogP contribution in [0.1, 0.15) is 32.3 Å². The zero-order valence-corrected chi connectivity index (χ0v) is 11.8. The Morgan fingerprint density at radius 2 is 1.85 bits per heavy atom. The third-order valence-corrected chi connectivity index (χ3v) is 3.69. The maximum atomic E-state index is 12.5. The summed E-state index contributed by atoms with van der Waals surface area (Å²) in [6.45, 7) is 5.15. The molecule has 2 unspecified atom stereocenters. The Bertz CT molecular complexity index is 473. The van der Waals surface area contributed by atoms with E-state index >= 15 is 0 Å². The number of alkyl halides is 3. The van der Waals surface area contributed by atoms with Crippen LogP contribution in [0.4, 0.5) is 18.9 Å². The molecular formula is C16H20F3N. The van der Waals surface area contributed by atoms with Crippen LogP contribution in [0.5, 0.6) is 0 Å². The van der Waals surface area contributed by atoms with Crippen LogP contribution in [0.25, 0.3) is 0 Å². The molecule has 1 nitrogen and oxygen atoms in total. The predicted octanol–water partition coefficient (Wildman–Crippen LogP) is 5.11. The molecule has 2 atom stereocenters. The van der Waals surface area contributed by atoms with E-state index in [-0.39, 0.29) is 0 Å². The van der Waals surface area contributed by atoms with Crippen LogP contribution in [-0.4, -0.2) is 6.54 Å². The van der Waals surface area contributed by atoms with Crippen LogP contribution < -0.4 is 5.32 Å². The molecule has 0 saturated heterocycles. The van der Waals surface area contributed by atoms with E-state index in [4.69, 9.17) is 0 Å². The first-order chi connectivity index (χ1) is 9.34. The number of anilines is 1. The molecule has 0 aromatic heterocycles. The zero-order valence-electron chi connectivity index (χ0n) is 11.8. The second kappa shape index (κ2) is 5.90. The lowest BCUT2D eigenvalue weighted by Gasteiger charge is -2.26. The first-order valence-corrected chi connectivity index (χ1v) is 6.93. The molecule has 4 heteroatoms. The van der Waals surface area contributed by atoms with Crippen LogP contribution in [-0.2, 0) is 6.18 Å².